The molecule has 2 heterocycles. The predicted molar refractivity (Wildman–Crippen MR) is 50.1 cm³/mol. The summed E-state index contributed by atoms with van der Waals surface area (Å²) in [5.41, 5.74) is -0.142. The number of hydrogen-bond acceptors (Lipinski definition) is 3. The number of piperidine rings is 1. The molecule has 0 aromatic heterocycles. The Morgan fingerprint density at radius 2 is 2.46 bits per heavy atom. The lowest BCUT2D eigenvalue weighted by Crippen LogP contribution is -2.48. The maximum absolute atomic E-state index is 9.29. The van der Waals surface area contributed by atoms with Gasteiger partial charge in [0.05, 0.1) is 0 Å². The summed E-state index contributed by atoms with van der Waals surface area (Å²) >= 11 is 0. The van der Waals surface area contributed by atoms with E-state index in [1.807, 2.05) is 0 Å². The van der Waals surface area contributed by atoms with Crippen molar-refractivity contribution in [3.05, 3.63) is 0 Å². The molecule has 0 aliphatic carbocycles. The number of aliphatic hydroxyl groups is 1. The molecular weight excluding hydrogens is 166 g/mol. The van der Waals surface area contributed by atoms with E-state index in [4.69, 9.17) is 4.74 Å². The van der Waals surface area contributed by atoms with Crippen molar-refractivity contribution in [2.45, 2.75) is 45.1 Å². The molecular formula is C10H19NO2. The Morgan fingerprint density at radius 3 is 2.85 bits per heavy atom. The predicted octanol–water partition coefficient (Wildman–Crippen LogP) is 1.17. The monoisotopic (exact) mass is 185 g/mol. The van der Waals surface area contributed by atoms with Crippen LogP contribution in [-0.4, -0.2) is 35.1 Å². The van der Waals surface area contributed by atoms with Crippen LogP contribution in [-0.2, 0) is 4.74 Å². The van der Waals surface area contributed by atoms with Crippen molar-refractivity contribution in [1.82, 2.24) is 4.90 Å². The second-order valence-electron chi connectivity index (χ2n) is 4.32. The lowest BCUT2D eigenvalue weighted by atomic mass is 9.95. The fourth-order valence-electron chi connectivity index (χ4n) is 2.84. The van der Waals surface area contributed by atoms with E-state index < -0.39 is 6.29 Å². The van der Waals surface area contributed by atoms with Gasteiger partial charge in [-0.15, -0.1) is 0 Å². The number of rotatable bonds is 3. The SMILES string of the molecule is CCC1(OC(C)O)CC2CCN1C2. The highest BCUT2D eigenvalue weighted by atomic mass is 16.6. The van der Waals surface area contributed by atoms with Gasteiger partial charge in [-0.05, 0) is 32.1 Å². The first-order valence-electron chi connectivity index (χ1n) is 5.27. The molecule has 0 amide bonds. The molecule has 76 valence electrons. The summed E-state index contributed by atoms with van der Waals surface area (Å²) in [6.07, 6.45) is 2.76. The molecule has 0 saturated carbocycles. The van der Waals surface area contributed by atoms with Crippen molar-refractivity contribution >= 4 is 0 Å². The van der Waals surface area contributed by atoms with E-state index in [1.165, 1.54) is 13.0 Å². The zero-order valence-corrected chi connectivity index (χ0v) is 8.49. The number of nitrogens with zero attached hydrogens (tertiary/aromatic N) is 1. The van der Waals surface area contributed by atoms with Crippen molar-refractivity contribution in [3.8, 4) is 0 Å². The quantitative estimate of drug-likeness (QED) is 0.670. The lowest BCUT2D eigenvalue weighted by Gasteiger charge is -2.39. The van der Waals surface area contributed by atoms with Gasteiger partial charge in [-0.25, -0.2) is 0 Å². The molecule has 4 atom stereocenters. The molecule has 0 spiro atoms. The maximum atomic E-state index is 9.29. The second kappa shape index (κ2) is 3.23. The average Bonchev–Trinajstić information content (AvgIpc) is 2.62. The van der Waals surface area contributed by atoms with E-state index in [0.29, 0.717) is 0 Å². The normalized spacial score (nSPS) is 45.5. The first-order chi connectivity index (χ1) is 6.16. The Bertz CT molecular complexity index is 195. The zero-order valence-electron chi connectivity index (χ0n) is 8.49. The van der Waals surface area contributed by atoms with Crippen LogP contribution in [0.5, 0.6) is 0 Å². The molecule has 13 heavy (non-hydrogen) atoms. The third-order valence-corrected chi connectivity index (χ3v) is 3.41. The number of fused-ring (bicyclic) bond motifs is 2. The van der Waals surface area contributed by atoms with Crippen LogP contribution >= 0.6 is 0 Å². The number of hydrogen-bond donors (Lipinski definition) is 1. The Hall–Kier alpha value is -0.120. The van der Waals surface area contributed by atoms with Crippen LogP contribution in [0.25, 0.3) is 0 Å². The summed E-state index contributed by atoms with van der Waals surface area (Å²) < 4.78 is 5.66. The van der Waals surface area contributed by atoms with Gasteiger partial charge < -0.3 is 9.84 Å². The third kappa shape index (κ3) is 1.49. The largest absolute Gasteiger partial charge is 0.368 e. The summed E-state index contributed by atoms with van der Waals surface area (Å²) in [5.74, 6) is 0.804. The van der Waals surface area contributed by atoms with Crippen LogP contribution in [0.3, 0.4) is 0 Å². The second-order valence-corrected chi connectivity index (χ2v) is 4.32. The fraction of sp³-hybridized carbons (Fsp3) is 1.00. The molecule has 2 fully saturated rings. The Balaban J connectivity index is 2.08. The van der Waals surface area contributed by atoms with E-state index in [9.17, 15) is 5.11 Å². The minimum atomic E-state index is -0.640. The summed E-state index contributed by atoms with van der Waals surface area (Å²) in [7, 11) is 0. The number of ether oxygens (including phenoxy) is 1. The summed E-state index contributed by atoms with van der Waals surface area (Å²) in [4.78, 5) is 2.39. The summed E-state index contributed by atoms with van der Waals surface area (Å²) in [5, 5.41) is 9.29. The van der Waals surface area contributed by atoms with Crippen LogP contribution in [0, 0.1) is 5.92 Å². The van der Waals surface area contributed by atoms with Gasteiger partial charge in [0.15, 0.2) is 6.29 Å². The van der Waals surface area contributed by atoms with E-state index in [2.05, 4.69) is 11.8 Å². The topological polar surface area (TPSA) is 32.7 Å². The van der Waals surface area contributed by atoms with Crippen molar-refractivity contribution in [2.24, 2.45) is 5.92 Å². The summed E-state index contributed by atoms with van der Waals surface area (Å²) in [6, 6.07) is 0. The van der Waals surface area contributed by atoms with Crippen LogP contribution in [0.4, 0.5) is 0 Å². The van der Waals surface area contributed by atoms with Gasteiger partial charge in [-0.2, -0.15) is 0 Å². The first kappa shape index (κ1) is 9.44. The van der Waals surface area contributed by atoms with Gasteiger partial charge >= 0.3 is 0 Å². The molecule has 3 nitrogen and oxygen atoms in total. The average molecular weight is 185 g/mol. The van der Waals surface area contributed by atoms with Gasteiger partial charge in [-0.3, -0.25) is 4.90 Å². The van der Waals surface area contributed by atoms with Crippen LogP contribution < -0.4 is 0 Å². The smallest absolute Gasteiger partial charge is 0.154 e. The minimum Gasteiger partial charge on any atom is -0.368 e. The fourth-order valence-corrected chi connectivity index (χ4v) is 2.84. The van der Waals surface area contributed by atoms with E-state index in [-0.39, 0.29) is 5.72 Å². The molecule has 3 heteroatoms. The van der Waals surface area contributed by atoms with Crippen molar-refractivity contribution in [1.29, 1.82) is 0 Å². The zero-order chi connectivity index (χ0) is 9.47. The molecule has 1 N–H and O–H groups in total. The molecule has 2 bridgehead atoms. The van der Waals surface area contributed by atoms with Gasteiger partial charge in [0.2, 0.25) is 0 Å². The van der Waals surface area contributed by atoms with E-state index >= 15 is 0 Å². The Labute approximate surface area is 79.7 Å². The molecule has 4 unspecified atom stereocenters. The van der Waals surface area contributed by atoms with Crippen molar-refractivity contribution in [2.75, 3.05) is 13.1 Å². The molecule has 0 aromatic rings. The van der Waals surface area contributed by atoms with Gasteiger partial charge in [0, 0.05) is 13.1 Å². The third-order valence-electron chi connectivity index (χ3n) is 3.41. The molecule has 2 aliphatic rings. The molecule has 2 aliphatic heterocycles. The summed E-state index contributed by atoms with van der Waals surface area (Å²) in [6.45, 7) is 6.15. The molecule has 0 aromatic carbocycles. The van der Waals surface area contributed by atoms with Crippen LogP contribution in [0.1, 0.15) is 33.1 Å². The van der Waals surface area contributed by atoms with Crippen molar-refractivity contribution < 1.29 is 9.84 Å². The highest BCUT2D eigenvalue weighted by Crippen LogP contribution is 2.43. The van der Waals surface area contributed by atoms with E-state index in [1.54, 1.807) is 6.92 Å². The number of aliphatic hydroxyl groups excluding tert-OH is 1. The molecule has 0 radical (unpaired) electrons. The minimum absolute atomic E-state index is 0.142. The standard InChI is InChI=1S/C10H19NO2/c1-3-10(13-8(2)12)6-9-4-5-11(10)7-9/h8-9,12H,3-7H2,1-2H3. The Morgan fingerprint density at radius 1 is 1.69 bits per heavy atom. The van der Waals surface area contributed by atoms with Crippen LogP contribution in [0.2, 0.25) is 0 Å². The highest BCUT2D eigenvalue weighted by molar-refractivity contribution is 4.97. The van der Waals surface area contributed by atoms with Gasteiger partial charge in [-0.1, -0.05) is 6.92 Å². The molecule has 2 saturated heterocycles. The first-order valence-corrected chi connectivity index (χ1v) is 5.27. The van der Waals surface area contributed by atoms with Gasteiger partial charge in [0.25, 0.3) is 0 Å². The van der Waals surface area contributed by atoms with Gasteiger partial charge in [0.1, 0.15) is 5.72 Å². The lowest BCUT2D eigenvalue weighted by molar-refractivity contribution is -0.231. The maximum Gasteiger partial charge on any atom is 0.154 e. The van der Waals surface area contributed by atoms with Crippen molar-refractivity contribution in [3.63, 3.8) is 0 Å². The van der Waals surface area contributed by atoms with Crippen LogP contribution in [0.15, 0.2) is 0 Å². The Kier molecular flexibility index (Phi) is 2.34. The molecule has 2 rings (SSSR count). The highest BCUT2D eigenvalue weighted by Gasteiger charge is 2.49. The van der Waals surface area contributed by atoms with E-state index in [0.717, 1.165) is 25.3 Å².